The molecule has 2 heterocycles. The molecule has 3 heteroatoms. The van der Waals surface area contributed by atoms with E-state index in [1.165, 1.54) is 81.8 Å². The van der Waals surface area contributed by atoms with E-state index in [1.54, 1.807) is 0 Å². The number of allylic oxidation sites excluding steroid dienone is 6. The van der Waals surface area contributed by atoms with Crippen molar-refractivity contribution >= 4 is 60.2 Å². The van der Waals surface area contributed by atoms with E-state index in [4.69, 9.17) is 0 Å². The molecular weight excluding hydrogens is 727 g/mol. The maximum absolute atomic E-state index is 2.65. The Bertz CT molecular complexity index is 2890. The van der Waals surface area contributed by atoms with Gasteiger partial charge < -0.3 is 4.90 Å². The zero-order valence-electron chi connectivity index (χ0n) is 31.3. The Balaban J connectivity index is 1.16. The van der Waals surface area contributed by atoms with Crippen LogP contribution in [0.15, 0.2) is 218 Å². The van der Waals surface area contributed by atoms with Crippen molar-refractivity contribution < 1.29 is 0 Å². The van der Waals surface area contributed by atoms with Crippen molar-refractivity contribution in [1.82, 2.24) is 0 Å². The maximum atomic E-state index is 2.65. The van der Waals surface area contributed by atoms with Gasteiger partial charge in [0.05, 0.1) is 11.4 Å². The Morgan fingerprint density at radius 2 is 1.12 bits per heavy atom. The van der Waals surface area contributed by atoms with Crippen LogP contribution >= 0.6 is 23.1 Å². The number of nitrogens with zero attached hydrogens (tertiary/aromatic N) is 1. The Hall–Kier alpha value is -6.13. The summed E-state index contributed by atoms with van der Waals surface area (Å²) in [7, 11) is 0. The molecule has 1 saturated heterocycles. The first kappa shape index (κ1) is 34.1. The van der Waals surface area contributed by atoms with Crippen LogP contribution in [0.5, 0.6) is 0 Å². The molecule has 0 amide bonds. The van der Waals surface area contributed by atoms with Crippen LogP contribution in [0.25, 0.3) is 59.1 Å². The quantitative estimate of drug-likeness (QED) is 0.159. The fourth-order valence-electron chi connectivity index (χ4n) is 9.20. The predicted octanol–water partition coefficient (Wildman–Crippen LogP) is 15.0. The molecule has 0 saturated carbocycles. The predicted molar refractivity (Wildman–Crippen MR) is 247 cm³/mol. The molecule has 1 aliphatic heterocycles. The molecule has 4 atom stereocenters. The summed E-state index contributed by atoms with van der Waals surface area (Å²) >= 11 is 4.03. The lowest BCUT2D eigenvalue weighted by atomic mass is 9.78. The summed E-state index contributed by atoms with van der Waals surface area (Å²) in [6, 6.07) is 64.4. The van der Waals surface area contributed by atoms with Crippen LogP contribution in [-0.4, -0.2) is 10.5 Å². The summed E-state index contributed by atoms with van der Waals surface area (Å²) in [6.07, 6.45) is 14.6. The first-order chi connectivity index (χ1) is 28.3. The molecule has 0 radical (unpaired) electrons. The average molecular weight is 766 g/mol. The molecule has 1 aromatic heterocycles. The van der Waals surface area contributed by atoms with E-state index in [2.05, 4.69) is 229 Å². The molecule has 1 fully saturated rings. The lowest BCUT2D eigenvalue weighted by molar-refractivity contribution is 0.494. The number of fused-ring (bicyclic) bond motifs is 6. The molecule has 272 valence electrons. The minimum atomic E-state index is 0.279. The Morgan fingerprint density at radius 1 is 0.491 bits per heavy atom. The van der Waals surface area contributed by atoms with Crippen molar-refractivity contribution in [3.05, 3.63) is 224 Å². The lowest BCUT2D eigenvalue weighted by Gasteiger charge is -2.38. The van der Waals surface area contributed by atoms with Crippen molar-refractivity contribution in [3.63, 3.8) is 0 Å². The Morgan fingerprint density at radius 3 is 1.86 bits per heavy atom. The second-order valence-electron chi connectivity index (χ2n) is 15.1. The minimum absolute atomic E-state index is 0.279. The molecule has 2 aliphatic carbocycles. The van der Waals surface area contributed by atoms with Crippen LogP contribution in [0, 0.1) is 11.8 Å². The Kier molecular flexibility index (Phi) is 8.64. The van der Waals surface area contributed by atoms with Crippen molar-refractivity contribution in [2.24, 2.45) is 11.8 Å². The van der Waals surface area contributed by atoms with Gasteiger partial charge in [-0.15, -0.1) is 23.1 Å². The monoisotopic (exact) mass is 765 g/mol. The zero-order valence-corrected chi connectivity index (χ0v) is 32.9. The van der Waals surface area contributed by atoms with Crippen LogP contribution in [0.2, 0.25) is 0 Å². The normalized spacial score (nSPS) is 19.6. The molecule has 3 aliphatic rings. The van der Waals surface area contributed by atoms with Gasteiger partial charge in [0.1, 0.15) is 0 Å². The van der Waals surface area contributed by atoms with Crippen LogP contribution in [-0.2, 0) is 0 Å². The Labute approximate surface area is 342 Å². The minimum Gasteiger partial charge on any atom is -0.313 e. The maximum Gasteiger partial charge on any atom is 0.0552 e. The number of hydrogen-bond donors (Lipinski definition) is 0. The molecule has 0 N–H and O–H groups in total. The summed E-state index contributed by atoms with van der Waals surface area (Å²) in [5.41, 5.74) is 13.7. The lowest BCUT2D eigenvalue weighted by Crippen LogP contribution is -2.32. The van der Waals surface area contributed by atoms with E-state index in [0.717, 1.165) is 0 Å². The number of thioether (sulfide) groups is 1. The van der Waals surface area contributed by atoms with Gasteiger partial charge in [-0.1, -0.05) is 182 Å². The molecule has 4 unspecified atom stereocenters. The van der Waals surface area contributed by atoms with Gasteiger partial charge in [-0.25, -0.2) is 0 Å². The summed E-state index contributed by atoms with van der Waals surface area (Å²) in [5.74, 6) is 0.634. The third-order valence-corrected chi connectivity index (χ3v) is 14.6. The second-order valence-corrected chi connectivity index (χ2v) is 17.5. The number of thiophene rings is 1. The van der Waals surface area contributed by atoms with Crippen LogP contribution in [0.1, 0.15) is 5.56 Å². The van der Waals surface area contributed by atoms with Gasteiger partial charge in [0.15, 0.2) is 0 Å². The number of benzene rings is 7. The third-order valence-electron chi connectivity index (χ3n) is 11.8. The summed E-state index contributed by atoms with van der Waals surface area (Å²) < 4.78 is 2.63. The van der Waals surface area contributed by atoms with Crippen LogP contribution in [0.4, 0.5) is 11.4 Å². The number of hydrogen-bond acceptors (Lipinski definition) is 3. The van der Waals surface area contributed by atoms with E-state index < -0.39 is 0 Å². The largest absolute Gasteiger partial charge is 0.313 e. The van der Waals surface area contributed by atoms with Crippen LogP contribution in [0.3, 0.4) is 0 Å². The highest BCUT2D eigenvalue weighted by Crippen LogP contribution is 2.56. The van der Waals surface area contributed by atoms with Crippen molar-refractivity contribution in [3.8, 4) is 33.4 Å². The molecule has 11 rings (SSSR count). The molecule has 7 aromatic carbocycles. The summed E-state index contributed by atoms with van der Waals surface area (Å²) in [4.78, 5) is 2.65. The van der Waals surface area contributed by atoms with E-state index in [0.29, 0.717) is 16.4 Å². The molecule has 57 heavy (non-hydrogen) atoms. The van der Waals surface area contributed by atoms with Crippen LogP contribution < -0.4 is 4.90 Å². The first-order valence-electron chi connectivity index (χ1n) is 19.8. The number of anilines is 2. The van der Waals surface area contributed by atoms with E-state index in [9.17, 15) is 0 Å². The van der Waals surface area contributed by atoms with Gasteiger partial charge in [-0.05, 0) is 69.3 Å². The SMILES string of the molecule is C1=CC2SC3C=C(c4ccccc4)C=CC3C2C(N(c2ccc(-c3ccccc3)cc2-c2ccccc2)c2ccc(-c3ccccc3)c3sc4ccccc4c23)=C1. The highest BCUT2D eigenvalue weighted by Gasteiger charge is 2.46. The van der Waals surface area contributed by atoms with E-state index >= 15 is 0 Å². The van der Waals surface area contributed by atoms with E-state index in [1.807, 2.05) is 11.3 Å². The van der Waals surface area contributed by atoms with Crippen molar-refractivity contribution in [1.29, 1.82) is 0 Å². The van der Waals surface area contributed by atoms with Gasteiger partial charge in [-0.3, -0.25) is 0 Å². The third kappa shape index (κ3) is 6.01. The summed E-state index contributed by atoms with van der Waals surface area (Å²) in [5, 5.41) is 3.33. The molecule has 8 aromatic rings. The standard InChI is InChI=1S/C54H39NS2/c1-5-16-36(17-6-1)40-29-32-46(45(34-40)39-22-11-4-12-23-39)55(47-25-15-27-50-52(47)44-30-28-41(35-51(44)56-50)37-18-7-2-8-19-37)48-33-31-42(38-20-9-3-10-21-38)54-53(48)43-24-13-14-26-49(43)57-54/h1-35,44,50-52H. The fraction of sp³-hybridized carbons (Fsp3) is 0.0741. The van der Waals surface area contributed by atoms with Crippen molar-refractivity contribution in [2.45, 2.75) is 10.5 Å². The van der Waals surface area contributed by atoms with Gasteiger partial charge in [0.2, 0.25) is 0 Å². The van der Waals surface area contributed by atoms with Gasteiger partial charge >= 0.3 is 0 Å². The summed E-state index contributed by atoms with van der Waals surface area (Å²) in [6.45, 7) is 0. The van der Waals surface area contributed by atoms with Crippen molar-refractivity contribution in [2.75, 3.05) is 4.90 Å². The molecule has 0 bridgehead atoms. The highest BCUT2D eigenvalue weighted by molar-refractivity contribution is 8.01. The fourth-order valence-corrected chi connectivity index (χ4v) is 12.2. The molecular formula is C54H39NS2. The smallest absolute Gasteiger partial charge is 0.0552 e. The average Bonchev–Trinajstić information content (AvgIpc) is 3.87. The zero-order chi connectivity index (χ0) is 37.7. The molecule has 0 spiro atoms. The number of rotatable bonds is 7. The van der Waals surface area contributed by atoms with Gasteiger partial charge in [0, 0.05) is 53.8 Å². The van der Waals surface area contributed by atoms with Gasteiger partial charge in [-0.2, -0.15) is 0 Å². The van der Waals surface area contributed by atoms with Gasteiger partial charge in [0.25, 0.3) is 0 Å². The second kappa shape index (κ2) is 14.4. The first-order valence-corrected chi connectivity index (χ1v) is 21.6. The molecule has 1 nitrogen and oxygen atoms in total. The topological polar surface area (TPSA) is 3.24 Å². The highest BCUT2D eigenvalue weighted by atomic mass is 32.2. The van der Waals surface area contributed by atoms with E-state index in [-0.39, 0.29) is 5.92 Å².